The van der Waals surface area contributed by atoms with Gasteiger partial charge in [0.05, 0.1) is 11.5 Å². The van der Waals surface area contributed by atoms with Crippen LogP contribution in [0.25, 0.3) is 0 Å². The fourth-order valence-corrected chi connectivity index (χ4v) is 0.990. The average molecular weight is 204 g/mol. The van der Waals surface area contributed by atoms with E-state index in [1.807, 2.05) is 6.92 Å². The number of rotatable bonds is 6. The maximum atomic E-state index is 11.2. The minimum absolute atomic E-state index is 0.0441. The van der Waals surface area contributed by atoms with E-state index in [2.05, 4.69) is 17.5 Å². The van der Waals surface area contributed by atoms with Gasteiger partial charge in [-0.3, -0.25) is 4.79 Å². The van der Waals surface area contributed by atoms with E-state index in [9.17, 15) is 4.79 Å². The van der Waals surface area contributed by atoms with E-state index in [4.69, 9.17) is 10.5 Å². The van der Waals surface area contributed by atoms with Crippen LogP contribution in [0, 0.1) is 5.92 Å². The first-order valence-corrected chi connectivity index (χ1v) is 4.51. The number of hydrogen-bond acceptors (Lipinski definition) is 3. The van der Waals surface area contributed by atoms with Crippen LogP contribution in [0.4, 0.5) is 0 Å². The molecule has 0 aliphatic carbocycles. The summed E-state index contributed by atoms with van der Waals surface area (Å²) in [6.07, 6.45) is 0.441. The van der Waals surface area contributed by atoms with Gasteiger partial charge in [0.1, 0.15) is 0 Å². The van der Waals surface area contributed by atoms with Crippen LogP contribution < -0.4 is 11.1 Å². The van der Waals surface area contributed by atoms with Crippen LogP contribution in [-0.2, 0) is 9.53 Å². The third kappa shape index (κ3) is 7.67. The Balaban J connectivity index is 3.55. The number of hydrogen-bond donors (Lipinski definition) is 2. The molecule has 0 aromatic carbocycles. The molecule has 0 fully saturated rings. The Morgan fingerprint density at radius 2 is 2.31 bits per heavy atom. The van der Waals surface area contributed by atoms with Gasteiger partial charge in [0.2, 0.25) is 5.91 Å². The van der Waals surface area contributed by atoms with Gasteiger partial charge in [-0.1, -0.05) is 19.1 Å². The van der Waals surface area contributed by atoms with Crippen LogP contribution in [0.2, 0.25) is 0 Å². The van der Waals surface area contributed by atoms with Gasteiger partial charge in [-0.25, -0.2) is 0 Å². The van der Waals surface area contributed by atoms with E-state index in [1.165, 1.54) is 0 Å². The van der Waals surface area contributed by atoms with Crippen molar-refractivity contribution in [3.63, 3.8) is 0 Å². The number of carbonyl (C=O) groups is 1. The second-order valence-electron chi connectivity index (χ2n) is 3.01. The van der Waals surface area contributed by atoms with Crippen LogP contribution in [-0.4, -0.2) is 31.2 Å². The summed E-state index contributed by atoms with van der Waals surface area (Å²) < 4.78 is 4.90. The van der Waals surface area contributed by atoms with E-state index in [0.29, 0.717) is 18.0 Å². The Morgan fingerprint density at radius 1 is 1.69 bits per heavy atom. The molecule has 0 aliphatic rings. The standard InChI is InChI=1S/C8H16N2O2S/c1-6(5-12-2)3-8(11)10-4-7(9)13/h6H,3-5H2,1-2H3,(H2,9,13)(H,10,11). The molecule has 13 heavy (non-hydrogen) atoms. The lowest BCUT2D eigenvalue weighted by atomic mass is 10.1. The van der Waals surface area contributed by atoms with Crippen molar-refractivity contribution in [2.24, 2.45) is 11.7 Å². The highest BCUT2D eigenvalue weighted by molar-refractivity contribution is 7.80. The first-order chi connectivity index (χ1) is 6.06. The van der Waals surface area contributed by atoms with Crippen molar-refractivity contribution >= 4 is 23.1 Å². The molecule has 1 amide bonds. The molecule has 0 spiro atoms. The Kier molecular flexibility index (Phi) is 6.44. The highest BCUT2D eigenvalue weighted by Crippen LogP contribution is 2.00. The summed E-state index contributed by atoms with van der Waals surface area (Å²) in [6.45, 7) is 2.80. The summed E-state index contributed by atoms with van der Waals surface area (Å²) in [7, 11) is 1.61. The monoisotopic (exact) mass is 204 g/mol. The van der Waals surface area contributed by atoms with Crippen molar-refractivity contribution in [3.05, 3.63) is 0 Å². The number of amides is 1. The SMILES string of the molecule is COCC(C)CC(=O)NCC(N)=S. The Bertz CT molecular complexity index is 185. The van der Waals surface area contributed by atoms with Gasteiger partial charge >= 0.3 is 0 Å². The number of nitrogens with two attached hydrogens (primary N) is 1. The molecule has 0 saturated heterocycles. The third-order valence-electron chi connectivity index (χ3n) is 1.44. The second kappa shape index (κ2) is 6.80. The Labute approximate surface area is 83.8 Å². The lowest BCUT2D eigenvalue weighted by molar-refractivity contribution is -0.122. The lowest BCUT2D eigenvalue weighted by Gasteiger charge is -2.09. The van der Waals surface area contributed by atoms with Crippen LogP contribution in [0.1, 0.15) is 13.3 Å². The zero-order chi connectivity index (χ0) is 10.3. The first kappa shape index (κ1) is 12.3. The molecule has 0 heterocycles. The predicted octanol–water partition coefficient (Wildman–Crippen LogP) is 0.0613. The molecule has 0 bridgehead atoms. The summed E-state index contributed by atoms with van der Waals surface area (Å²) in [5, 5.41) is 2.61. The number of methoxy groups -OCH3 is 1. The number of carbonyl (C=O) groups excluding carboxylic acids is 1. The van der Waals surface area contributed by atoms with Crippen molar-refractivity contribution in [1.29, 1.82) is 0 Å². The highest BCUT2D eigenvalue weighted by atomic mass is 32.1. The molecular weight excluding hydrogens is 188 g/mol. The van der Waals surface area contributed by atoms with Gasteiger partial charge in [0, 0.05) is 20.1 Å². The van der Waals surface area contributed by atoms with Gasteiger partial charge in [0.25, 0.3) is 0 Å². The van der Waals surface area contributed by atoms with Crippen LogP contribution >= 0.6 is 12.2 Å². The molecule has 76 valence electrons. The van der Waals surface area contributed by atoms with Gasteiger partial charge < -0.3 is 15.8 Å². The summed E-state index contributed by atoms with van der Waals surface area (Å²) in [5.74, 6) is 0.175. The molecular formula is C8H16N2O2S. The van der Waals surface area contributed by atoms with Gasteiger partial charge in [-0.15, -0.1) is 0 Å². The number of nitrogens with one attached hydrogen (secondary N) is 1. The maximum Gasteiger partial charge on any atom is 0.220 e. The minimum atomic E-state index is -0.0441. The molecule has 1 unspecified atom stereocenters. The molecule has 5 heteroatoms. The van der Waals surface area contributed by atoms with Gasteiger partial charge in [0.15, 0.2) is 0 Å². The quantitative estimate of drug-likeness (QED) is 0.601. The van der Waals surface area contributed by atoms with Crippen LogP contribution in [0.15, 0.2) is 0 Å². The normalized spacial score (nSPS) is 12.2. The van der Waals surface area contributed by atoms with Crippen molar-refractivity contribution in [2.75, 3.05) is 20.3 Å². The molecule has 0 radical (unpaired) electrons. The lowest BCUT2D eigenvalue weighted by Crippen LogP contribution is -2.33. The van der Waals surface area contributed by atoms with Crippen molar-refractivity contribution in [1.82, 2.24) is 5.32 Å². The molecule has 1 atom stereocenters. The average Bonchev–Trinajstić information content (AvgIpc) is 2.01. The van der Waals surface area contributed by atoms with E-state index < -0.39 is 0 Å². The van der Waals surface area contributed by atoms with E-state index >= 15 is 0 Å². The van der Waals surface area contributed by atoms with Crippen LogP contribution in [0.5, 0.6) is 0 Å². The van der Waals surface area contributed by atoms with Gasteiger partial charge in [-0.05, 0) is 5.92 Å². The summed E-state index contributed by atoms with van der Waals surface area (Å²) in [4.78, 5) is 11.4. The van der Waals surface area contributed by atoms with E-state index in [1.54, 1.807) is 7.11 Å². The highest BCUT2D eigenvalue weighted by Gasteiger charge is 2.08. The maximum absolute atomic E-state index is 11.2. The number of ether oxygens (including phenoxy) is 1. The molecule has 0 aliphatic heterocycles. The topological polar surface area (TPSA) is 64.3 Å². The fourth-order valence-electron chi connectivity index (χ4n) is 0.918. The zero-order valence-electron chi connectivity index (χ0n) is 8.00. The van der Waals surface area contributed by atoms with Crippen molar-refractivity contribution < 1.29 is 9.53 Å². The molecule has 0 rings (SSSR count). The summed E-state index contributed by atoms with van der Waals surface area (Å²) in [5.41, 5.74) is 5.22. The summed E-state index contributed by atoms with van der Waals surface area (Å²) in [6, 6.07) is 0. The molecule has 0 aromatic rings. The van der Waals surface area contributed by atoms with E-state index in [0.717, 1.165) is 0 Å². The number of thiocarbonyl (C=S) groups is 1. The molecule has 3 N–H and O–H groups in total. The summed E-state index contributed by atoms with van der Waals surface area (Å²) >= 11 is 4.62. The van der Waals surface area contributed by atoms with Crippen molar-refractivity contribution in [2.45, 2.75) is 13.3 Å². The smallest absolute Gasteiger partial charge is 0.220 e. The first-order valence-electron chi connectivity index (χ1n) is 4.10. The predicted molar refractivity (Wildman–Crippen MR) is 55.5 cm³/mol. The third-order valence-corrected chi connectivity index (χ3v) is 1.59. The van der Waals surface area contributed by atoms with Crippen molar-refractivity contribution in [3.8, 4) is 0 Å². The van der Waals surface area contributed by atoms with Gasteiger partial charge in [-0.2, -0.15) is 0 Å². The molecule has 0 aromatic heterocycles. The fraction of sp³-hybridized carbons (Fsp3) is 0.750. The molecule has 0 saturated carbocycles. The Morgan fingerprint density at radius 3 is 2.77 bits per heavy atom. The zero-order valence-corrected chi connectivity index (χ0v) is 8.82. The van der Waals surface area contributed by atoms with E-state index in [-0.39, 0.29) is 18.4 Å². The van der Waals surface area contributed by atoms with Crippen LogP contribution in [0.3, 0.4) is 0 Å². The Hall–Kier alpha value is -0.680. The second-order valence-corrected chi connectivity index (χ2v) is 3.53. The molecule has 4 nitrogen and oxygen atoms in total. The largest absolute Gasteiger partial charge is 0.392 e. The minimum Gasteiger partial charge on any atom is -0.392 e.